The molecule has 3 N–H and O–H groups in total. The molecule has 0 heterocycles. The van der Waals surface area contributed by atoms with E-state index < -0.39 is 11.7 Å². The first-order valence-corrected chi connectivity index (χ1v) is 6.88. The summed E-state index contributed by atoms with van der Waals surface area (Å²) in [5, 5.41) is 2.83. The van der Waals surface area contributed by atoms with E-state index in [-0.39, 0.29) is 17.6 Å². The Hall–Kier alpha value is -0.940. The Morgan fingerprint density at radius 1 is 1.39 bits per heavy atom. The van der Waals surface area contributed by atoms with Gasteiger partial charge in [-0.15, -0.1) is 0 Å². The maximum absolute atomic E-state index is 13.6. The van der Waals surface area contributed by atoms with Gasteiger partial charge in [-0.05, 0) is 31.0 Å². The molecule has 1 fully saturated rings. The Kier molecular flexibility index (Phi) is 4.35. The lowest BCUT2D eigenvalue weighted by molar-refractivity contribution is 0.0917. The molecule has 1 aromatic carbocycles. The van der Waals surface area contributed by atoms with Crippen LogP contribution in [0.2, 0.25) is 0 Å². The van der Waals surface area contributed by atoms with Gasteiger partial charge in [-0.25, -0.2) is 4.39 Å². The second-order valence-corrected chi connectivity index (χ2v) is 5.57. The molecule has 0 radical (unpaired) electrons. The lowest BCUT2D eigenvalue weighted by atomic mass is 9.91. The quantitative estimate of drug-likeness (QED) is 0.881. The second-order valence-electron chi connectivity index (χ2n) is 4.65. The predicted octanol–water partition coefficient (Wildman–Crippen LogP) is 2.59. The molecule has 2 rings (SSSR count). The molecule has 1 saturated carbocycles. The van der Waals surface area contributed by atoms with Crippen LogP contribution in [-0.4, -0.2) is 18.0 Å². The van der Waals surface area contributed by atoms with Crippen molar-refractivity contribution in [3.8, 4) is 0 Å². The number of halogens is 2. The van der Waals surface area contributed by atoms with Gasteiger partial charge in [0.05, 0.1) is 5.56 Å². The van der Waals surface area contributed by atoms with Crippen LogP contribution in [0.5, 0.6) is 0 Å². The highest BCUT2D eigenvalue weighted by molar-refractivity contribution is 9.10. The van der Waals surface area contributed by atoms with Gasteiger partial charge in [0.2, 0.25) is 0 Å². The van der Waals surface area contributed by atoms with Crippen molar-refractivity contribution in [3.63, 3.8) is 0 Å². The smallest absolute Gasteiger partial charge is 0.254 e. The van der Waals surface area contributed by atoms with Crippen molar-refractivity contribution in [2.45, 2.75) is 37.8 Å². The molecule has 2 atom stereocenters. The molecule has 1 amide bonds. The van der Waals surface area contributed by atoms with E-state index >= 15 is 0 Å². The van der Waals surface area contributed by atoms with Crippen LogP contribution in [-0.2, 0) is 0 Å². The molecule has 0 aromatic heterocycles. The van der Waals surface area contributed by atoms with E-state index in [1.165, 1.54) is 12.1 Å². The van der Waals surface area contributed by atoms with Gasteiger partial charge in [0.1, 0.15) is 5.82 Å². The summed E-state index contributed by atoms with van der Waals surface area (Å²) in [6, 6.07) is 4.25. The summed E-state index contributed by atoms with van der Waals surface area (Å²) in [7, 11) is 0. The largest absolute Gasteiger partial charge is 0.348 e. The third-order valence-electron chi connectivity index (χ3n) is 3.31. The topological polar surface area (TPSA) is 55.1 Å². The molecule has 1 aliphatic rings. The second kappa shape index (κ2) is 5.80. The molecule has 98 valence electrons. The summed E-state index contributed by atoms with van der Waals surface area (Å²) in [4.78, 5) is 12.0. The van der Waals surface area contributed by atoms with Crippen LogP contribution in [0.3, 0.4) is 0 Å². The summed E-state index contributed by atoms with van der Waals surface area (Å²) < 4.78 is 14.2. The Morgan fingerprint density at radius 3 is 2.83 bits per heavy atom. The van der Waals surface area contributed by atoms with Crippen molar-refractivity contribution in [1.29, 1.82) is 0 Å². The van der Waals surface area contributed by atoms with E-state index in [1.807, 2.05) is 0 Å². The molecular formula is C13H16BrFN2O. The standard InChI is InChI=1S/C13H16BrFN2O/c14-8-5-6-10(15)9(7-8)13(18)17-12-4-2-1-3-11(12)16/h5-7,11-12H,1-4,16H2,(H,17,18)/t11-,12-/m1/s1. The van der Waals surface area contributed by atoms with Gasteiger partial charge >= 0.3 is 0 Å². The normalized spacial score (nSPS) is 23.7. The summed E-state index contributed by atoms with van der Waals surface area (Å²) in [5.41, 5.74) is 6.01. The van der Waals surface area contributed by atoms with Crippen molar-refractivity contribution >= 4 is 21.8 Å². The Morgan fingerprint density at radius 2 is 2.11 bits per heavy atom. The lowest BCUT2D eigenvalue weighted by Crippen LogP contribution is -2.49. The number of hydrogen-bond acceptors (Lipinski definition) is 2. The number of hydrogen-bond donors (Lipinski definition) is 2. The first-order chi connectivity index (χ1) is 8.58. The van der Waals surface area contributed by atoms with Crippen molar-refractivity contribution in [3.05, 3.63) is 34.1 Å². The minimum absolute atomic E-state index is 0.0297. The summed E-state index contributed by atoms with van der Waals surface area (Å²) in [6.07, 6.45) is 3.92. The van der Waals surface area contributed by atoms with E-state index in [0.29, 0.717) is 4.47 Å². The molecule has 1 aliphatic carbocycles. The van der Waals surface area contributed by atoms with Gasteiger partial charge in [0.15, 0.2) is 0 Å². The van der Waals surface area contributed by atoms with Crippen LogP contribution in [0.25, 0.3) is 0 Å². The maximum Gasteiger partial charge on any atom is 0.254 e. The van der Waals surface area contributed by atoms with E-state index in [9.17, 15) is 9.18 Å². The van der Waals surface area contributed by atoms with Gasteiger partial charge in [0.25, 0.3) is 5.91 Å². The zero-order valence-corrected chi connectivity index (χ0v) is 11.5. The van der Waals surface area contributed by atoms with Gasteiger partial charge in [-0.2, -0.15) is 0 Å². The van der Waals surface area contributed by atoms with Crippen molar-refractivity contribution in [2.24, 2.45) is 5.73 Å². The SMILES string of the molecule is N[C@@H]1CCCC[C@H]1NC(=O)c1cc(Br)ccc1F. The number of nitrogens with two attached hydrogens (primary N) is 1. The average molecular weight is 315 g/mol. The highest BCUT2D eigenvalue weighted by Crippen LogP contribution is 2.19. The van der Waals surface area contributed by atoms with Crippen LogP contribution in [0.1, 0.15) is 36.0 Å². The van der Waals surface area contributed by atoms with E-state index in [2.05, 4.69) is 21.2 Å². The fourth-order valence-corrected chi connectivity index (χ4v) is 2.62. The van der Waals surface area contributed by atoms with Crippen molar-refractivity contribution < 1.29 is 9.18 Å². The minimum Gasteiger partial charge on any atom is -0.348 e. The predicted molar refractivity (Wildman–Crippen MR) is 71.8 cm³/mol. The summed E-state index contributed by atoms with van der Waals surface area (Å²) >= 11 is 3.23. The lowest BCUT2D eigenvalue weighted by Gasteiger charge is -2.29. The van der Waals surface area contributed by atoms with Crippen LogP contribution in [0.4, 0.5) is 4.39 Å². The average Bonchev–Trinajstić information content (AvgIpc) is 2.35. The van der Waals surface area contributed by atoms with Crippen molar-refractivity contribution in [2.75, 3.05) is 0 Å². The van der Waals surface area contributed by atoms with Gasteiger partial charge in [-0.1, -0.05) is 28.8 Å². The fraction of sp³-hybridized carbons (Fsp3) is 0.462. The van der Waals surface area contributed by atoms with Crippen LogP contribution in [0.15, 0.2) is 22.7 Å². The maximum atomic E-state index is 13.6. The first-order valence-electron chi connectivity index (χ1n) is 6.09. The number of amides is 1. The molecule has 0 unspecified atom stereocenters. The third-order valence-corrected chi connectivity index (χ3v) is 3.80. The first kappa shape index (κ1) is 13.5. The molecule has 5 heteroatoms. The number of benzene rings is 1. The van der Waals surface area contributed by atoms with Crippen LogP contribution >= 0.6 is 15.9 Å². The highest BCUT2D eigenvalue weighted by Gasteiger charge is 2.24. The van der Waals surface area contributed by atoms with E-state index in [4.69, 9.17) is 5.73 Å². The highest BCUT2D eigenvalue weighted by atomic mass is 79.9. The Labute approximate surface area is 114 Å². The molecule has 3 nitrogen and oxygen atoms in total. The number of nitrogens with one attached hydrogen (secondary N) is 1. The molecule has 0 saturated heterocycles. The molecule has 1 aromatic rings. The van der Waals surface area contributed by atoms with Gasteiger partial charge in [-0.3, -0.25) is 4.79 Å². The monoisotopic (exact) mass is 314 g/mol. The molecule has 0 aliphatic heterocycles. The van der Waals surface area contributed by atoms with Gasteiger partial charge < -0.3 is 11.1 Å². The zero-order valence-electron chi connectivity index (χ0n) is 9.96. The number of carbonyl (C=O) groups is 1. The molecule has 18 heavy (non-hydrogen) atoms. The zero-order chi connectivity index (χ0) is 13.1. The van der Waals surface area contributed by atoms with Crippen molar-refractivity contribution in [1.82, 2.24) is 5.32 Å². The Bertz CT molecular complexity index is 453. The third kappa shape index (κ3) is 3.09. The van der Waals surface area contributed by atoms with Crippen LogP contribution < -0.4 is 11.1 Å². The molecular weight excluding hydrogens is 299 g/mol. The number of carbonyl (C=O) groups excluding carboxylic acids is 1. The van der Waals surface area contributed by atoms with Crippen LogP contribution in [0, 0.1) is 5.82 Å². The summed E-state index contributed by atoms with van der Waals surface area (Å²) in [5.74, 6) is -0.906. The molecule has 0 bridgehead atoms. The number of rotatable bonds is 2. The molecule has 0 spiro atoms. The fourth-order valence-electron chi connectivity index (χ4n) is 2.26. The van der Waals surface area contributed by atoms with E-state index in [0.717, 1.165) is 25.7 Å². The minimum atomic E-state index is -0.514. The Balaban J connectivity index is 2.09. The van der Waals surface area contributed by atoms with E-state index in [1.54, 1.807) is 6.07 Å². The summed E-state index contributed by atoms with van der Waals surface area (Å²) in [6.45, 7) is 0. The van der Waals surface area contributed by atoms with Gasteiger partial charge in [0, 0.05) is 16.6 Å².